The molecule has 0 aromatic heterocycles. The van der Waals surface area contributed by atoms with Crippen molar-refractivity contribution in [1.29, 1.82) is 0 Å². The van der Waals surface area contributed by atoms with Crippen LogP contribution >= 0.6 is 0 Å². The Balaban J connectivity index is 1.64. The molecule has 4 aliphatic rings. The van der Waals surface area contributed by atoms with Crippen molar-refractivity contribution in [3.05, 3.63) is 0 Å². The van der Waals surface area contributed by atoms with Gasteiger partial charge in [-0.15, -0.1) is 0 Å². The third kappa shape index (κ3) is 12.8. The number of carbonyl (C=O) groups excluding carboxylic acids is 3. The van der Waals surface area contributed by atoms with Crippen molar-refractivity contribution in [3.63, 3.8) is 0 Å². The van der Waals surface area contributed by atoms with Gasteiger partial charge in [-0.25, -0.2) is 4.79 Å². The number of aliphatic hydroxyl groups is 16. The fourth-order valence-corrected chi connectivity index (χ4v) is 8.08. The molecule has 31 heteroatoms. The number of hydrogen-bond donors (Lipinski definition) is 19. The maximum absolute atomic E-state index is 12.9. The number of carboxylic acid groups (broad SMARTS) is 1. The Morgan fingerprint density at radius 1 is 0.662 bits per heavy atom. The molecule has 31 nitrogen and oxygen atoms in total. The minimum atomic E-state index is -3.18. The first-order chi connectivity index (χ1) is 31.9. The highest BCUT2D eigenvalue weighted by Crippen LogP contribution is 2.39. The molecular formula is C37H62N2O29. The lowest BCUT2D eigenvalue weighted by atomic mass is 9.88. The Hall–Kier alpha value is -2.88. The predicted octanol–water partition coefficient (Wildman–Crippen LogP) is -12.6. The smallest absolute Gasteiger partial charge is 0.364 e. The zero-order valence-electron chi connectivity index (χ0n) is 36.2. The molecule has 0 radical (unpaired) electrons. The standard InChI is InChI=1S/C37H62N2O29/c1-10(46)38-19-12(48)3-37(36(59)60,67-30(19)22(53)14(50)5-41)68-32-24(55)17(8-44)62-35(27(32)58)65-29-18(9-45)63-33(20(25(29)56)39-11(2)47)66-31-23(54)16(7-43)61-34(26(31)57)64-28(15(51)6-42)21(52)13(49)4-40/h4,12-35,41-45,48-58H,3,5-9H2,1-2H3,(H,38,46)(H,39,47)(H,59,60)/t12-,13-,14+,15+,16+,17+,18+,19+,20+,21+,22+,23-,24-,25+,26+,27+,28+,29+,30+,31-,32?,33-,34-,35-,37-/m0/s1. The van der Waals surface area contributed by atoms with Crippen LogP contribution in [0.4, 0.5) is 0 Å². The Bertz CT molecular complexity index is 1640. The van der Waals surface area contributed by atoms with Crippen LogP contribution in [0.5, 0.6) is 0 Å². The molecule has 0 aliphatic carbocycles. The summed E-state index contributed by atoms with van der Waals surface area (Å²) in [6.45, 7) is -3.60. The number of rotatable bonds is 22. The van der Waals surface area contributed by atoms with E-state index in [1.807, 2.05) is 0 Å². The first kappa shape index (κ1) is 57.7. The van der Waals surface area contributed by atoms with Gasteiger partial charge in [0, 0.05) is 20.3 Å². The normalized spacial score (nSPS) is 41.6. The lowest BCUT2D eigenvalue weighted by molar-refractivity contribution is -0.388. The molecule has 4 aliphatic heterocycles. The Labute approximate surface area is 384 Å². The van der Waals surface area contributed by atoms with Gasteiger partial charge in [0.25, 0.3) is 5.79 Å². The Morgan fingerprint density at radius 3 is 1.68 bits per heavy atom. The molecule has 394 valence electrons. The van der Waals surface area contributed by atoms with E-state index in [-0.39, 0.29) is 6.29 Å². The van der Waals surface area contributed by atoms with E-state index in [1.165, 1.54) is 0 Å². The molecule has 4 heterocycles. The first-order valence-corrected chi connectivity index (χ1v) is 21.0. The molecule has 4 rings (SSSR count). The van der Waals surface area contributed by atoms with Crippen LogP contribution in [-0.2, 0) is 57.1 Å². The molecule has 4 saturated heterocycles. The van der Waals surface area contributed by atoms with Crippen LogP contribution in [0.25, 0.3) is 0 Å². The molecule has 0 saturated carbocycles. The number of aliphatic hydroxyl groups excluding tert-OH is 16. The van der Waals surface area contributed by atoms with E-state index < -0.39 is 210 Å². The van der Waals surface area contributed by atoms with Gasteiger partial charge in [0.05, 0.1) is 45.2 Å². The summed E-state index contributed by atoms with van der Waals surface area (Å²) in [6.07, 6.45) is -47.3. The van der Waals surface area contributed by atoms with Crippen molar-refractivity contribution in [1.82, 2.24) is 10.6 Å². The van der Waals surface area contributed by atoms with Gasteiger partial charge in [-0.2, -0.15) is 0 Å². The molecule has 0 aromatic rings. The van der Waals surface area contributed by atoms with E-state index in [9.17, 15) is 106 Å². The summed E-state index contributed by atoms with van der Waals surface area (Å²) >= 11 is 0. The van der Waals surface area contributed by atoms with E-state index in [4.69, 9.17) is 37.9 Å². The lowest BCUT2D eigenvalue weighted by Gasteiger charge is -2.51. The zero-order valence-corrected chi connectivity index (χ0v) is 36.2. The number of carbonyl (C=O) groups is 4. The van der Waals surface area contributed by atoms with E-state index in [0.717, 1.165) is 13.8 Å². The van der Waals surface area contributed by atoms with Crippen LogP contribution in [0, 0.1) is 0 Å². The second kappa shape index (κ2) is 25.0. The molecule has 0 aromatic carbocycles. The summed E-state index contributed by atoms with van der Waals surface area (Å²) in [5, 5.41) is 184. The number of hydrogen-bond acceptors (Lipinski definition) is 28. The largest absolute Gasteiger partial charge is 0.477 e. The van der Waals surface area contributed by atoms with Gasteiger partial charge in [0.15, 0.2) is 25.2 Å². The third-order valence-electron chi connectivity index (χ3n) is 11.6. The average Bonchev–Trinajstić information content (AvgIpc) is 3.30. The average molecular weight is 999 g/mol. The summed E-state index contributed by atoms with van der Waals surface area (Å²) in [5.74, 6) is -6.98. The van der Waals surface area contributed by atoms with Crippen molar-refractivity contribution in [2.24, 2.45) is 0 Å². The van der Waals surface area contributed by atoms with Crippen molar-refractivity contribution >= 4 is 24.1 Å². The first-order valence-electron chi connectivity index (χ1n) is 21.0. The van der Waals surface area contributed by atoms with Gasteiger partial charge in [-0.3, -0.25) is 9.59 Å². The summed E-state index contributed by atoms with van der Waals surface area (Å²) in [5.41, 5.74) is 0. The van der Waals surface area contributed by atoms with Crippen LogP contribution < -0.4 is 10.6 Å². The van der Waals surface area contributed by atoms with E-state index in [0.29, 0.717) is 0 Å². The van der Waals surface area contributed by atoms with Crippen molar-refractivity contribution in [2.75, 3.05) is 33.0 Å². The minimum absolute atomic E-state index is 0.144. The van der Waals surface area contributed by atoms with Crippen molar-refractivity contribution < 1.29 is 144 Å². The molecule has 1 unspecified atom stereocenters. The topological polar surface area (TPSA) is 510 Å². The number of carboxylic acids is 1. The van der Waals surface area contributed by atoms with Crippen LogP contribution in [0.2, 0.25) is 0 Å². The van der Waals surface area contributed by atoms with Gasteiger partial charge in [0.1, 0.15) is 116 Å². The number of amides is 2. The van der Waals surface area contributed by atoms with Crippen molar-refractivity contribution in [2.45, 2.75) is 173 Å². The molecular weight excluding hydrogens is 936 g/mol. The molecule has 25 atom stereocenters. The molecule has 0 spiro atoms. The molecule has 68 heavy (non-hydrogen) atoms. The van der Waals surface area contributed by atoms with Crippen LogP contribution in [-0.4, -0.2) is 297 Å². The molecule has 4 fully saturated rings. The Morgan fingerprint density at radius 2 is 1.16 bits per heavy atom. The highest BCUT2D eigenvalue weighted by molar-refractivity contribution is 5.76. The summed E-state index contributed by atoms with van der Waals surface area (Å²) in [4.78, 5) is 48.5. The fraction of sp³-hybridized carbons (Fsp3) is 0.892. The molecule has 19 N–H and O–H groups in total. The number of aldehydes is 1. The van der Waals surface area contributed by atoms with E-state index >= 15 is 0 Å². The summed E-state index contributed by atoms with van der Waals surface area (Å²) < 4.78 is 45.0. The third-order valence-corrected chi connectivity index (χ3v) is 11.6. The van der Waals surface area contributed by atoms with Gasteiger partial charge in [-0.05, 0) is 0 Å². The number of aliphatic carboxylic acids is 1. The van der Waals surface area contributed by atoms with Crippen LogP contribution in [0.15, 0.2) is 0 Å². The summed E-state index contributed by atoms with van der Waals surface area (Å²) in [6, 6.07) is -3.51. The van der Waals surface area contributed by atoms with Crippen molar-refractivity contribution in [3.8, 4) is 0 Å². The van der Waals surface area contributed by atoms with E-state index in [1.54, 1.807) is 0 Å². The van der Waals surface area contributed by atoms with Gasteiger partial charge < -0.3 is 140 Å². The Kier molecular flexibility index (Phi) is 21.2. The SMILES string of the molecule is CC(=O)N[C@H]1[C@H](O[C@H]2[C@@H](O)[C@@H](CO)O[C@@H](O[C@@H]([C@H](O)[C@@H](O)C=O)[C@H](O)CO)[C@@H]2O)O[C@H](CO)[C@@H](O[C@@H]2O[C@H](CO)[C@H](O)C(O[C@]3(C(=O)O)C[C@H](O)[C@@H](NC(C)=O)[C@H]([C@H](O)[C@H](O)CO)O3)[C@H]2O)[C@@H]1O. The summed E-state index contributed by atoms with van der Waals surface area (Å²) in [7, 11) is 0. The zero-order chi connectivity index (χ0) is 51.1. The lowest BCUT2D eigenvalue weighted by Crippen LogP contribution is -2.71. The quantitative estimate of drug-likeness (QED) is 0.0448. The second-order valence-electron chi connectivity index (χ2n) is 16.5. The second-order valence-corrected chi connectivity index (χ2v) is 16.5. The monoisotopic (exact) mass is 998 g/mol. The maximum atomic E-state index is 12.9. The molecule has 2 amide bonds. The van der Waals surface area contributed by atoms with E-state index in [2.05, 4.69) is 10.6 Å². The van der Waals surface area contributed by atoms with Crippen LogP contribution in [0.1, 0.15) is 20.3 Å². The highest BCUT2D eigenvalue weighted by Gasteiger charge is 2.61. The number of nitrogens with one attached hydrogen (secondary N) is 2. The van der Waals surface area contributed by atoms with Gasteiger partial charge in [-0.1, -0.05) is 0 Å². The highest BCUT2D eigenvalue weighted by atomic mass is 16.8. The number of ether oxygens (including phenoxy) is 8. The predicted molar refractivity (Wildman–Crippen MR) is 208 cm³/mol. The van der Waals surface area contributed by atoms with Gasteiger partial charge in [0.2, 0.25) is 11.8 Å². The molecule has 0 bridgehead atoms. The van der Waals surface area contributed by atoms with Gasteiger partial charge >= 0.3 is 5.97 Å². The van der Waals surface area contributed by atoms with Crippen LogP contribution in [0.3, 0.4) is 0 Å². The minimum Gasteiger partial charge on any atom is -0.477 e. The fourth-order valence-electron chi connectivity index (χ4n) is 8.08. The maximum Gasteiger partial charge on any atom is 0.364 e.